The van der Waals surface area contributed by atoms with Crippen molar-refractivity contribution in [3.63, 3.8) is 0 Å². The second kappa shape index (κ2) is 6.88. The standard InChI is InChI=1S/C13H22N2O3S/c1-10-8-12(14)9-13(11(10)2)19(16,17)15-6-4-5-7-18-3/h8-9,15H,4-7,14H2,1-3H3. The lowest BCUT2D eigenvalue weighted by Crippen LogP contribution is -2.26. The van der Waals surface area contributed by atoms with Crippen LogP contribution in [-0.4, -0.2) is 28.7 Å². The Morgan fingerprint density at radius 3 is 2.58 bits per heavy atom. The van der Waals surface area contributed by atoms with Crippen LogP contribution >= 0.6 is 0 Å². The van der Waals surface area contributed by atoms with Crippen LogP contribution < -0.4 is 10.5 Å². The van der Waals surface area contributed by atoms with Gasteiger partial charge in [0.05, 0.1) is 4.90 Å². The predicted molar refractivity (Wildman–Crippen MR) is 76.6 cm³/mol. The number of nitrogens with two attached hydrogens (primary N) is 1. The molecule has 0 spiro atoms. The number of ether oxygens (including phenoxy) is 1. The minimum Gasteiger partial charge on any atom is -0.399 e. The monoisotopic (exact) mass is 286 g/mol. The summed E-state index contributed by atoms with van der Waals surface area (Å²) in [5.41, 5.74) is 7.78. The second-order valence-electron chi connectivity index (χ2n) is 4.56. The maximum absolute atomic E-state index is 12.2. The molecule has 108 valence electrons. The van der Waals surface area contributed by atoms with Gasteiger partial charge in [0.2, 0.25) is 10.0 Å². The quantitative estimate of drug-likeness (QED) is 0.589. The third-order valence-electron chi connectivity index (χ3n) is 3.00. The molecule has 3 N–H and O–H groups in total. The van der Waals surface area contributed by atoms with E-state index in [1.165, 1.54) is 6.07 Å². The van der Waals surface area contributed by atoms with Gasteiger partial charge in [0.15, 0.2) is 0 Å². The molecular formula is C13H22N2O3S. The molecule has 0 aromatic heterocycles. The highest BCUT2D eigenvalue weighted by atomic mass is 32.2. The number of benzene rings is 1. The first-order valence-corrected chi connectivity index (χ1v) is 7.72. The third-order valence-corrected chi connectivity index (χ3v) is 4.59. The van der Waals surface area contributed by atoms with Gasteiger partial charge in [-0.15, -0.1) is 0 Å². The number of methoxy groups -OCH3 is 1. The fourth-order valence-electron chi connectivity index (χ4n) is 1.79. The van der Waals surface area contributed by atoms with E-state index >= 15 is 0 Å². The van der Waals surface area contributed by atoms with Gasteiger partial charge in [-0.05, 0) is 49.9 Å². The molecule has 0 saturated heterocycles. The second-order valence-corrected chi connectivity index (χ2v) is 6.29. The molecule has 0 fully saturated rings. The molecule has 6 heteroatoms. The first-order chi connectivity index (χ1) is 8.88. The lowest BCUT2D eigenvalue weighted by Gasteiger charge is -2.12. The van der Waals surface area contributed by atoms with Crippen molar-refractivity contribution in [3.8, 4) is 0 Å². The Balaban J connectivity index is 2.78. The minimum absolute atomic E-state index is 0.261. The lowest BCUT2D eigenvalue weighted by atomic mass is 10.1. The molecular weight excluding hydrogens is 264 g/mol. The van der Waals surface area contributed by atoms with Gasteiger partial charge in [0.1, 0.15) is 0 Å². The van der Waals surface area contributed by atoms with E-state index in [1.54, 1.807) is 20.1 Å². The van der Waals surface area contributed by atoms with Crippen molar-refractivity contribution in [2.75, 3.05) is 26.0 Å². The van der Waals surface area contributed by atoms with Crippen molar-refractivity contribution in [2.24, 2.45) is 0 Å². The molecule has 0 aliphatic heterocycles. The third kappa shape index (κ3) is 4.49. The van der Waals surface area contributed by atoms with Crippen molar-refractivity contribution >= 4 is 15.7 Å². The van der Waals surface area contributed by atoms with Crippen LogP contribution in [0.2, 0.25) is 0 Å². The van der Waals surface area contributed by atoms with E-state index in [0.29, 0.717) is 18.8 Å². The van der Waals surface area contributed by atoms with Crippen LogP contribution in [-0.2, 0) is 14.8 Å². The largest absolute Gasteiger partial charge is 0.399 e. The van der Waals surface area contributed by atoms with Crippen LogP contribution in [0.4, 0.5) is 5.69 Å². The summed E-state index contributed by atoms with van der Waals surface area (Å²) in [6.45, 7) is 4.68. The molecule has 0 aliphatic carbocycles. The summed E-state index contributed by atoms with van der Waals surface area (Å²) < 4.78 is 31.9. The van der Waals surface area contributed by atoms with Crippen LogP contribution in [0.25, 0.3) is 0 Å². The van der Waals surface area contributed by atoms with Crippen LogP contribution in [0.1, 0.15) is 24.0 Å². The number of nitrogen functional groups attached to an aromatic ring is 1. The average molecular weight is 286 g/mol. The molecule has 0 unspecified atom stereocenters. The number of unbranched alkanes of at least 4 members (excludes halogenated alkanes) is 1. The fraction of sp³-hybridized carbons (Fsp3) is 0.538. The highest BCUT2D eigenvalue weighted by Gasteiger charge is 2.17. The first-order valence-electron chi connectivity index (χ1n) is 6.24. The van der Waals surface area contributed by atoms with Crippen LogP contribution in [0.15, 0.2) is 17.0 Å². The van der Waals surface area contributed by atoms with E-state index in [1.807, 2.05) is 6.92 Å². The van der Waals surface area contributed by atoms with Gasteiger partial charge >= 0.3 is 0 Å². The van der Waals surface area contributed by atoms with E-state index in [4.69, 9.17) is 10.5 Å². The molecule has 5 nitrogen and oxygen atoms in total. The maximum atomic E-state index is 12.2. The Morgan fingerprint density at radius 2 is 1.95 bits per heavy atom. The Kier molecular flexibility index (Phi) is 5.78. The van der Waals surface area contributed by atoms with Crippen molar-refractivity contribution in [1.82, 2.24) is 4.72 Å². The normalized spacial score (nSPS) is 11.7. The summed E-state index contributed by atoms with van der Waals surface area (Å²) in [7, 11) is -1.87. The average Bonchev–Trinajstić information content (AvgIpc) is 2.33. The Labute approximate surface area is 115 Å². The number of aryl methyl sites for hydroxylation is 1. The molecule has 0 bridgehead atoms. The van der Waals surface area contributed by atoms with E-state index in [-0.39, 0.29) is 4.90 Å². The summed E-state index contributed by atoms with van der Waals surface area (Å²) in [6.07, 6.45) is 1.57. The topological polar surface area (TPSA) is 81.4 Å². The van der Waals surface area contributed by atoms with E-state index in [0.717, 1.165) is 24.0 Å². The molecule has 1 aromatic carbocycles. The number of nitrogens with one attached hydrogen (secondary N) is 1. The van der Waals surface area contributed by atoms with Crippen molar-refractivity contribution in [3.05, 3.63) is 23.3 Å². The summed E-state index contributed by atoms with van der Waals surface area (Å²) in [5.74, 6) is 0. The molecule has 0 radical (unpaired) electrons. The fourth-order valence-corrected chi connectivity index (χ4v) is 3.21. The zero-order chi connectivity index (χ0) is 14.5. The van der Waals surface area contributed by atoms with E-state index < -0.39 is 10.0 Å². The molecule has 0 amide bonds. The van der Waals surface area contributed by atoms with E-state index in [2.05, 4.69) is 4.72 Å². The van der Waals surface area contributed by atoms with Crippen LogP contribution in [0.5, 0.6) is 0 Å². The Bertz CT molecular complexity index is 527. The number of hydrogen-bond acceptors (Lipinski definition) is 4. The highest BCUT2D eigenvalue weighted by molar-refractivity contribution is 7.89. The summed E-state index contributed by atoms with van der Waals surface area (Å²) >= 11 is 0. The minimum atomic E-state index is -3.49. The van der Waals surface area contributed by atoms with Gasteiger partial charge in [0.25, 0.3) is 0 Å². The summed E-state index contributed by atoms with van der Waals surface area (Å²) in [6, 6.07) is 3.27. The maximum Gasteiger partial charge on any atom is 0.240 e. The Morgan fingerprint density at radius 1 is 1.26 bits per heavy atom. The number of anilines is 1. The summed E-state index contributed by atoms with van der Waals surface area (Å²) in [5, 5.41) is 0. The first kappa shape index (κ1) is 15.9. The van der Waals surface area contributed by atoms with Crippen molar-refractivity contribution < 1.29 is 13.2 Å². The highest BCUT2D eigenvalue weighted by Crippen LogP contribution is 2.22. The van der Waals surface area contributed by atoms with Gasteiger partial charge in [-0.3, -0.25) is 0 Å². The van der Waals surface area contributed by atoms with E-state index in [9.17, 15) is 8.42 Å². The smallest absolute Gasteiger partial charge is 0.240 e. The number of rotatable bonds is 7. The number of hydrogen-bond donors (Lipinski definition) is 2. The van der Waals surface area contributed by atoms with Crippen molar-refractivity contribution in [1.29, 1.82) is 0 Å². The zero-order valence-electron chi connectivity index (χ0n) is 11.7. The number of sulfonamides is 1. The van der Waals surface area contributed by atoms with Gasteiger partial charge < -0.3 is 10.5 Å². The van der Waals surface area contributed by atoms with Crippen LogP contribution in [0, 0.1) is 13.8 Å². The van der Waals surface area contributed by atoms with Gasteiger partial charge in [-0.1, -0.05) is 0 Å². The molecule has 1 rings (SSSR count). The predicted octanol–water partition coefficient (Wildman–Crippen LogP) is 1.59. The van der Waals surface area contributed by atoms with Gasteiger partial charge in [-0.2, -0.15) is 0 Å². The van der Waals surface area contributed by atoms with Crippen LogP contribution in [0.3, 0.4) is 0 Å². The van der Waals surface area contributed by atoms with Gasteiger partial charge in [-0.25, -0.2) is 13.1 Å². The molecule has 1 aromatic rings. The van der Waals surface area contributed by atoms with Crippen molar-refractivity contribution in [2.45, 2.75) is 31.6 Å². The molecule has 19 heavy (non-hydrogen) atoms. The van der Waals surface area contributed by atoms with Gasteiger partial charge in [0, 0.05) is 25.9 Å². The molecule has 0 saturated carbocycles. The lowest BCUT2D eigenvalue weighted by molar-refractivity contribution is 0.193. The molecule has 0 atom stereocenters. The Hall–Kier alpha value is -1.11. The zero-order valence-corrected chi connectivity index (χ0v) is 12.5. The SMILES string of the molecule is COCCCCNS(=O)(=O)c1cc(N)cc(C)c1C. The summed E-state index contributed by atoms with van der Waals surface area (Å²) in [4.78, 5) is 0.261. The molecule has 0 heterocycles. The molecule has 0 aliphatic rings.